The molecule has 0 aliphatic carbocycles. The minimum absolute atomic E-state index is 0.278. The van der Waals surface area contributed by atoms with Crippen molar-refractivity contribution in [1.29, 1.82) is 0 Å². The highest BCUT2D eigenvalue weighted by Crippen LogP contribution is 2.18. The molecule has 0 bridgehead atoms. The number of aromatic nitrogens is 1. The summed E-state index contributed by atoms with van der Waals surface area (Å²) >= 11 is 0. The third-order valence-corrected chi connectivity index (χ3v) is 3.65. The summed E-state index contributed by atoms with van der Waals surface area (Å²) in [6, 6.07) is 6.22. The number of carbonyl (C=O) groups is 3. The molecule has 0 radical (unpaired) electrons. The second-order valence-corrected chi connectivity index (χ2v) is 6.68. The molecule has 10 heteroatoms. The van der Waals surface area contributed by atoms with Gasteiger partial charge in [-0.1, -0.05) is 32.0 Å². The van der Waals surface area contributed by atoms with Crippen molar-refractivity contribution in [3.8, 4) is 0 Å². The van der Waals surface area contributed by atoms with E-state index in [1.54, 1.807) is 0 Å². The molecule has 10 N–H and O–H groups in total. The minimum atomic E-state index is -0.972. The third-order valence-electron chi connectivity index (χ3n) is 3.65. The number of hydrogen-bond acceptors (Lipinski definition) is 6. The summed E-state index contributed by atoms with van der Waals surface area (Å²) in [6.07, 6.45) is 2.71. The zero-order valence-electron chi connectivity index (χ0n) is 16.5. The van der Waals surface area contributed by atoms with Gasteiger partial charge in [-0.25, -0.2) is 0 Å². The second kappa shape index (κ2) is 13.3. The van der Waals surface area contributed by atoms with E-state index in [0.29, 0.717) is 18.8 Å². The third kappa shape index (κ3) is 10.8. The normalized spacial score (nSPS) is 12.2. The van der Waals surface area contributed by atoms with Gasteiger partial charge in [0.05, 0.1) is 6.54 Å². The summed E-state index contributed by atoms with van der Waals surface area (Å²) in [4.78, 5) is 33.1. The standard InChI is InChI=1S/C11H12N2O2.C6H13NO2.C2H5NO2/c12-9(11(14)15)5-7-6-13-10-4-2-1-3-8(7)10;1-4(2)3-5(7)6(8)9;3-1-2(4)5/h1-4,6,9,13H,5,12H2,(H,14,15);4-5H,3,7H2,1-2H3,(H,8,9);1,3H2,(H,4,5). The minimum Gasteiger partial charge on any atom is -0.480 e. The van der Waals surface area contributed by atoms with Crippen molar-refractivity contribution in [2.75, 3.05) is 6.54 Å². The molecule has 0 fully saturated rings. The molecular formula is C19H30N4O6. The Morgan fingerprint density at radius 1 is 1.00 bits per heavy atom. The molecule has 2 unspecified atom stereocenters. The van der Waals surface area contributed by atoms with E-state index in [2.05, 4.69) is 10.7 Å². The SMILES string of the molecule is CC(C)CC(N)C(=O)O.NC(Cc1c[nH]c2ccccc12)C(=O)O.NCC(=O)O. The van der Waals surface area contributed by atoms with Gasteiger partial charge in [0.25, 0.3) is 0 Å². The molecule has 1 aromatic heterocycles. The molecule has 0 saturated carbocycles. The van der Waals surface area contributed by atoms with E-state index in [1.165, 1.54) is 0 Å². The summed E-state index contributed by atoms with van der Waals surface area (Å²) < 4.78 is 0. The van der Waals surface area contributed by atoms with Crippen LogP contribution in [0.25, 0.3) is 10.9 Å². The van der Waals surface area contributed by atoms with Gasteiger partial charge >= 0.3 is 17.9 Å². The first-order valence-electron chi connectivity index (χ1n) is 8.93. The van der Waals surface area contributed by atoms with Crippen LogP contribution in [-0.2, 0) is 20.8 Å². The van der Waals surface area contributed by atoms with Crippen LogP contribution in [0.1, 0.15) is 25.8 Å². The van der Waals surface area contributed by atoms with Gasteiger partial charge in [0.1, 0.15) is 12.1 Å². The van der Waals surface area contributed by atoms with Gasteiger partial charge < -0.3 is 37.5 Å². The zero-order valence-corrected chi connectivity index (χ0v) is 16.5. The lowest BCUT2D eigenvalue weighted by molar-refractivity contribution is -0.139. The summed E-state index contributed by atoms with van der Waals surface area (Å²) in [7, 11) is 0. The van der Waals surface area contributed by atoms with Gasteiger partial charge in [0, 0.05) is 23.5 Å². The Kier molecular flexibility index (Phi) is 11.9. The van der Waals surface area contributed by atoms with E-state index in [-0.39, 0.29) is 6.54 Å². The molecular weight excluding hydrogens is 380 g/mol. The number of carboxylic acids is 3. The van der Waals surface area contributed by atoms with Crippen molar-refractivity contribution in [1.82, 2.24) is 4.98 Å². The summed E-state index contributed by atoms with van der Waals surface area (Å²) in [6.45, 7) is 3.62. The Hall–Kier alpha value is -2.95. The van der Waals surface area contributed by atoms with Gasteiger partial charge in [-0.3, -0.25) is 14.4 Å². The van der Waals surface area contributed by atoms with Crippen LogP contribution in [0.4, 0.5) is 0 Å². The Morgan fingerprint density at radius 2 is 1.52 bits per heavy atom. The van der Waals surface area contributed by atoms with E-state index in [4.69, 9.17) is 26.8 Å². The van der Waals surface area contributed by atoms with E-state index < -0.39 is 30.0 Å². The fourth-order valence-electron chi connectivity index (χ4n) is 2.23. The smallest absolute Gasteiger partial charge is 0.320 e. The molecule has 0 aliphatic heterocycles. The van der Waals surface area contributed by atoms with Crippen molar-refractivity contribution >= 4 is 28.8 Å². The van der Waals surface area contributed by atoms with Crippen LogP contribution in [0.3, 0.4) is 0 Å². The average molecular weight is 410 g/mol. The molecule has 1 heterocycles. The zero-order chi connectivity index (χ0) is 22.6. The Labute approximate surface area is 168 Å². The van der Waals surface area contributed by atoms with Gasteiger partial charge in [-0.15, -0.1) is 0 Å². The highest BCUT2D eigenvalue weighted by molar-refractivity contribution is 5.84. The van der Waals surface area contributed by atoms with Gasteiger partial charge in [0.15, 0.2) is 0 Å². The molecule has 10 nitrogen and oxygen atoms in total. The number of fused-ring (bicyclic) bond motifs is 1. The first kappa shape index (κ1) is 26.1. The molecule has 2 aromatic rings. The number of aliphatic carboxylic acids is 3. The maximum absolute atomic E-state index is 10.6. The van der Waals surface area contributed by atoms with Gasteiger partial charge in [-0.2, -0.15) is 0 Å². The number of rotatable bonds is 7. The predicted molar refractivity (Wildman–Crippen MR) is 109 cm³/mol. The van der Waals surface area contributed by atoms with Crippen molar-refractivity contribution in [3.63, 3.8) is 0 Å². The fourth-order valence-corrected chi connectivity index (χ4v) is 2.23. The molecule has 0 amide bonds. The Morgan fingerprint density at radius 3 is 1.93 bits per heavy atom. The molecule has 2 rings (SSSR count). The molecule has 2 atom stereocenters. The fraction of sp³-hybridized carbons (Fsp3) is 0.421. The Bertz CT molecular complexity index is 790. The quantitative estimate of drug-likeness (QED) is 0.340. The van der Waals surface area contributed by atoms with Crippen molar-refractivity contribution < 1.29 is 29.7 Å². The van der Waals surface area contributed by atoms with Crippen LogP contribution >= 0.6 is 0 Å². The summed E-state index contributed by atoms with van der Waals surface area (Å²) in [5, 5.41) is 25.7. The lowest BCUT2D eigenvalue weighted by Gasteiger charge is -2.07. The number of nitrogens with one attached hydrogen (secondary N) is 1. The predicted octanol–water partition coefficient (Wildman–Crippen LogP) is 0.596. The van der Waals surface area contributed by atoms with Crippen LogP contribution in [0, 0.1) is 5.92 Å². The van der Waals surface area contributed by atoms with E-state index in [0.717, 1.165) is 16.5 Å². The average Bonchev–Trinajstić information content (AvgIpc) is 3.05. The maximum Gasteiger partial charge on any atom is 0.320 e. The van der Waals surface area contributed by atoms with Crippen LogP contribution in [0.5, 0.6) is 0 Å². The first-order valence-corrected chi connectivity index (χ1v) is 8.93. The highest BCUT2D eigenvalue weighted by atomic mass is 16.4. The highest BCUT2D eigenvalue weighted by Gasteiger charge is 2.14. The number of hydrogen-bond donors (Lipinski definition) is 7. The lowest BCUT2D eigenvalue weighted by atomic mass is 10.1. The van der Waals surface area contributed by atoms with E-state index in [9.17, 15) is 14.4 Å². The molecule has 162 valence electrons. The maximum atomic E-state index is 10.6. The number of carboxylic acid groups (broad SMARTS) is 3. The van der Waals surface area contributed by atoms with Crippen LogP contribution in [-0.4, -0.2) is 56.8 Å². The van der Waals surface area contributed by atoms with Crippen molar-refractivity contribution in [2.45, 2.75) is 38.8 Å². The molecule has 0 spiro atoms. The number of benzene rings is 1. The number of H-pyrrole nitrogens is 1. The van der Waals surface area contributed by atoms with Crippen molar-refractivity contribution in [2.24, 2.45) is 23.1 Å². The Balaban J connectivity index is 0.000000479. The van der Waals surface area contributed by atoms with Gasteiger partial charge in [-0.05, 0) is 24.0 Å². The van der Waals surface area contributed by atoms with Gasteiger partial charge in [0.2, 0.25) is 0 Å². The molecule has 1 aromatic carbocycles. The number of nitrogens with two attached hydrogens (primary N) is 3. The summed E-state index contributed by atoms with van der Waals surface area (Å²) in [5.41, 5.74) is 17.2. The largest absolute Gasteiger partial charge is 0.480 e. The van der Waals surface area contributed by atoms with Crippen LogP contribution in [0.2, 0.25) is 0 Å². The van der Waals surface area contributed by atoms with Crippen LogP contribution < -0.4 is 17.2 Å². The first-order chi connectivity index (χ1) is 13.5. The molecule has 29 heavy (non-hydrogen) atoms. The molecule has 0 saturated heterocycles. The van der Waals surface area contributed by atoms with Crippen LogP contribution in [0.15, 0.2) is 30.5 Å². The monoisotopic (exact) mass is 410 g/mol. The lowest BCUT2D eigenvalue weighted by Crippen LogP contribution is -2.32. The molecule has 0 aliphatic rings. The summed E-state index contributed by atoms with van der Waals surface area (Å²) in [5.74, 6) is -2.50. The number of aromatic amines is 1. The van der Waals surface area contributed by atoms with E-state index >= 15 is 0 Å². The van der Waals surface area contributed by atoms with Crippen molar-refractivity contribution in [3.05, 3.63) is 36.0 Å². The van der Waals surface area contributed by atoms with E-state index in [1.807, 2.05) is 44.3 Å². The second-order valence-electron chi connectivity index (χ2n) is 6.68. The number of para-hydroxylation sites is 1. The topological polar surface area (TPSA) is 206 Å².